The van der Waals surface area contributed by atoms with Crippen molar-refractivity contribution in [1.29, 1.82) is 0 Å². The largest absolute Gasteiger partial charge is 0.381 e. The molecule has 9 heteroatoms. The molecule has 2 fully saturated rings. The molecule has 2 aliphatic heterocycles. The first-order chi connectivity index (χ1) is 12.0. The molecule has 0 saturated carbocycles. The number of ether oxygens (including phenoxy) is 1. The molecule has 2 aromatic heterocycles. The summed E-state index contributed by atoms with van der Waals surface area (Å²) < 4.78 is 36.6. The topological polar surface area (TPSA) is 98.4 Å². The Morgan fingerprint density at radius 2 is 2.12 bits per heavy atom. The summed E-state index contributed by atoms with van der Waals surface area (Å²) in [7, 11) is -3.27. The zero-order chi connectivity index (χ0) is 17.5. The number of hydrogen-bond donors (Lipinski definition) is 0. The van der Waals surface area contributed by atoms with E-state index in [9.17, 15) is 8.42 Å². The summed E-state index contributed by atoms with van der Waals surface area (Å²) in [5, 5.41) is 4.16. The minimum Gasteiger partial charge on any atom is -0.381 e. The van der Waals surface area contributed by atoms with Crippen molar-refractivity contribution in [2.45, 2.75) is 18.8 Å². The summed E-state index contributed by atoms with van der Waals surface area (Å²) >= 11 is 0. The second-order valence-electron chi connectivity index (χ2n) is 6.78. The highest BCUT2D eigenvalue weighted by Crippen LogP contribution is 2.49. The second kappa shape index (κ2) is 6.15. The molecule has 0 bridgehead atoms. The molecule has 4 rings (SSSR count). The van der Waals surface area contributed by atoms with Crippen molar-refractivity contribution in [3.63, 3.8) is 0 Å². The number of nitrogens with zero attached hydrogens (tertiary/aromatic N) is 4. The van der Waals surface area contributed by atoms with Crippen LogP contribution in [-0.4, -0.2) is 60.4 Å². The molecule has 4 heterocycles. The van der Waals surface area contributed by atoms with Crippen LogP contribution in [0, 0.1) is 5.41 Å². The van der Waals surface area contributed by atoms with Crippen molar-refractivity contribution >= 4 is 10.0 Å². The van der Waals surface area contributed by atoms with Gasteiger partial charge in [-0.05, 0) is 30.4 Å². The van der Waals surface area contributed by atoms with Crippen LogP contribution in [-0.2, 0) is 14.8 Å². The predicted octanol–water partition coefficient (Wildman–Crippen LogP) is 1.29. The number of aromatic nitrogens is 3. The van der Waals surface area contributed by atoms with Crippen LogP contribution < -0.4 is 0 Å². The lowest BCUT2D eigenvalue weighted by Crippen LogP contribution is -2.37. The van der Waals surface area contributed by atoms with Crippen molar-refractivity contribution in [3.8, 4) is 11.5 Å². The summed E-state index contributed by atoms with van der Waals surface area (Å²) in [6.45, 7) is 2.12. The maximum atomic E-state index is 12.1. The van der Waals surface area contributed by atoms with E-state index in [1.165, 1.54) is 10.6 Å². The Hall–Kier alpha value is -1.84. The third-order valence-electron chi connectivity index (χ3n) is 5.24. The molecular formula is C16H20N4O4S. The molecule has 1 spiro atoms. The Morgan fingerprint density at radius 3 is 2.80 bits per heavy atom. The van der Waals surface area contributed by atoms with E-state index in [-0.39, 0.29) is 11.3 Å². The van der Waals surface area contributed by atoms with E-state index in [2.05, 4.69) is 15.1 Å². The van der Waals surface area contributed by atoms with E-state index in [0.717, 1.165) is 18.4 Å². The molecule has 8 nitrogen and oxygen atoms in total. The standard InChI is InChI=1S/C16H20N4O4S/c1-25(21,22)20-10-13(16(11-20)4-7-23-8-5-16)14-18-15(24-19-14)12-3-2-6-17-9-12/h2-3,6,9,13H,4-5,7-8,10-11H2,1H3. The molecule has 2 aromatic rings. The third-order valence-corrected chi connectivity index (χ3v) is 6.45. The Balaban J connectivity index is 1.68. The number of rotatable bonds is 3. The summed E-state index contributed by atoms with van der Waals surface area (Å²) in [5.74, 6) is 0.871. The summed E-state index contributed by atoms with van der Waals surface area (Å²) in [6.07, 6.45) is 6.18. The van der Waals surface area contributed by atoms with Gasteiger partial charge in [0.05, 0.1) is 11.8 Å². The molecular weight excluding hydrogens is 344 g/mol. The zero-order valence-electron chi connectivity index (χ0n) is 14.0. The van der Waals surface area contributed by atoms with E-state index >= 15 is 0 Å². The van der Waals surface area contributed by atoms with Gasteiger partial charge in [0, 0.05) is 44.6 Å². The van der Waals surface area contributed by atoms with Crippen molar-refractivity contribution in [2.24, 2.45) is 5.41 Å². The van der Waals surface area contributed by atoms with Gasteiger partial charge in [-0.15, -0.1) is 0 Å². The molecule has 0 amide bonds. The minimum atomic E-state index is -3.27. The Bertz CT molecular complexity index is 846. The molecule has 1 unspecified atom stereocenters. The van der Waals surface area contributed by atoms with Gasteiger partial charge in [-0.2, -0.15) is 4.98 Å². The van der Waals surface area contributed by atoms with Crippen LogP contribution in [0.5, 0.6) is 0 Å². The molecule has 1 atom stereocenters. The van der Waals surface area contributed by atoms with Crippen molar-refractivity contribution in [2.75, 3.05) is 32.6 Å². The molecule has 0 N–H and O–H groups in total. The quantitative estimate of drug-likeness (QED) is 0.809. The fourth-order valence-corrected chi connectivity index (χ4v) is 4.71. The minimum absolute atomic E-state index is 0.0969. The lowest BCUT2D eigenvalue weighted by Gasteiger charge is -2.36. The van der Waals surface area contributed by atoms with Gasteiger partial charge in [0.25, 0.3) is 5.89 Å². The molecule has 0 aliphatic carbocycles. The molecule has 0 aromatic carbocycles. The molecule has 134 valence electrons. The van der Waals surface area contributed by atoms with Gasteiger partial charge in [-0.1, -0.05) is 5.16 Å². The van der Waals surface area contributed by atoms with Crippen LogP contribution in [0.3, 0.4) is 0 Å². The van der Waals surface area contributed by atoms with Crippen LogP contribution in [0.4, 0.5) is 0 Å². The number of hydrogen-bond acceptors (Lipinski definition) is 7. The van der Waals surface area contributed by atoms with Gasteiger partial charge in [0.2, 0.25) is 10.0 Å². The molecule has 25 heavy (non-hydrogen) atoms. The highest BCUT2D eigenvalue weighted by Gasteiger charge is 2.52. The van der Waals surface area contributed by atoms with Gasteiger partial charge < -0.3 is 9.26 Å². The summed E-state index contributed by atoms with van der Waals surface area (Å²) in [6, 6.07) is 3.66. The maximum absolute atomic E-state index is 12.1. The summed E-state index contributed by atoms with van der Waals surface area (Å²) in [4.78, 5) is 8.61. The van der Waals surface area contributed by atoms with Gasteiger partial charge in [0.15, 0.2) is 5.82 Å². The predicted molar refractivity (Wildman–Crippen MR) is 89.2 cm³/mol. The van der Waals surface area contributed by atoms with Crippen LogP contribution in [0.1, 0.15) is 24.6 Å². The fraction of sp³-hybridized carbons (Fsp3) is 0.562. The number of sulfonamides is 1. The first kappa shape index (κ1) is 16.6. The van der Waals surface area contributed by atoms with E-state index in [4.69, 9.17) is 9.26 Å². The molecule has 0 radical (unpaired) electrons. The fourth-order valence-electron chi connectivity index (χ4n) is 3.80. The monoisotopic (exact) mass is 364 g/mol. The van der Waals surface area contributed by atoms with E-state index < -0.39 is 10.0 Å². The second-order valence-corrected chi connectivity index (χ2v) is 8.76. The van der Waals surface area contributed by atoms with E-state index in [1.807, 2.05) is 6.07 Å². The van der Waals surface area contributed by atoms with Crippen molar-refractivity contribution < 1.29 is 17.7 Å². The van der Waals surface area contributed by atoms with E-state index in [1.54, 1.807) is 18.5 Å². The van der Waals surface area contributed by atoms with Crippen LogP contribution in [0.2, 0.25) is 0 Å². The van der Waals surface area contributed by atoms with Gasteiger partial charge in [0.1, 0.15) is 0 Å². The average Bonchev–Trinajstić information content (AvgIpc) is 3.21. The van der Waals surface area contributed by atoms with Crippen LogP contribution in [0.15, 0.2) is 29.0 Å². The first-order valence-electron chi connectivity index (χ1n) is 8.25. The third kappa shape index (κ3) is 3.07. The highest BCUT2D eigenvalue weighted by atomic mass is 32.2. The van der Waals surface area contributed by atoms with Gasteiger partial charge >= 0.3 is 0 Å². The summed E-state index contributed by atoms with van der Waals surface area (Å²) in [5.41, 5.74) is 0.553. The Morgan fingerprint density at radius 1 is 1.32 bits per heavy atom. The lowest BCUT2D eigenvalue weighted by molar-refractivity contribution is 0.0132. The van der Waals surface area contributed by atoms with Crippen molar-refractivity contribution in [1.82, 2.24) is 19.4 Å². The first-order valence-corrected chi connectivity index (χ1v) is 10.1. The Labute approximate surface area is 146 Å². The zero-order valence-corrected chi connectivity index (χ0v) is 14.8. The molecule has 2 aliphatic rings. The number of pyridine rings is 1. The Kier molecular flexibility index (Phi) is 4.09. The average molecular weight is 364 g/mol. The van der Waals surface area contributed by atoms with Crippen molar-refractivity contribution in [3.05, 3.63) is 30.4 Å². The van der Waals surface area contributed by atoms with Crippen LogP contribution in [0.25, 0.3) is 11.5 Å². The van der Waals surface area contributed by atoms with Gasteiger partial charge in [-0.3, -0.25) is 4.98 Å². The van der Waals surface area contributed by atoms with Crippen LogP contribution >= 0.6 is 0 Å². The highest BCUT2D eigenvalue weighted by molar-refractivity contribution is 7.88. The normalized spacial score (nSPS) is 24.0. The lowest BCUT2D eigenvalue weighted by atomic mass is 9.72. The smallest absolute Gasteiger partial charge is 0.259 e. The SMILES string of the molecule is CS(=O)(=O)N1CC(c2noc(-c3cccnc3)n2)C2(CCOCC2)C1. The van der Waals surface area contributed by atoms with Gasteiger partial charge in [-0.25, -0.2) is 12.7 Å². The maximum Gasteiger partial charge on any atom is 0.259 e. The van der Waals surface area contributed by atoms with E-state index in [0.29, 0.717) is 38.0 Å². The molecule has 2 saturated heterocycles.